The van der Waals surface area contributed by atoms with Gasteiger partial charge in [0.15, 0.2) is 0 Å². The minimum atomic E-state index is 0.515. The monoisotopic (exact) mass is 412 g/mol. The van der Waals surface area contributed by atoms with Crippen molar-refractivity contribution in [1.82, 2.24) is 0 Å². The molecule has 0 amide bonds. The van der Waals surface area contributed by atoms with E-state index in [2.05, 4.69) is 67.3 Å². The average molecular weight is 413 g/mol. The van der Waals surface area contributed by atoms with Crippen LogP contribution in [-0.4, -0.2) is 0 Å². The summed E-state index contributed by atoms with van der Waals surface area (Å²) in [6.07, 6.45) is 8.21. The SMILES string of the molecule is C=CC[C@H]1CCCC[C@@H]1c1ccc(OCc2ccccc2)cc1OCc1ccccc1. The first-order valence-corrected chi connectivity index (χ1v) is 11.4. The van der Waals surface area contributed by atoms with Crippen LogP contribution in [0.3, 0.4) is 0 Å². The van der Waals surface area contributed by atoms with Gasteiger partial charge in [-0.2, -0.15) is 0 Å². The van der Waals surface area contributed by atoms with Crippen molar-refractivity contribution in [3.05, 3.63) is 108 Å². The van der Waals surface area contributed by atoms with E-state index in [1.54, 1.807) is 0 Å². The highest BCUT2D eigenvalue weighted by Gasteiger charge is 2.28. The van der Waals surface area contributed by atoms with Crippen LogP contribution in [0.5, 0.6) is 11.5 Å². The Morgan fingerprint density at radius 2 is 1.42 bits per heavy atom. The van der Waals surface area contributed by atoms with Gasteiger partial charge in [-0.05, 0) is 53.9 Å². The first-order valence-electron chi connectivity index (χ1n) is 11.4. The Morgan fingerprint density at radius 1 is 0.774 bits per heavy atom. The zero-order valence-electron chi connectivity index (χ0n) is 18.2. The summed E-state index contributed by atoms with van der Waals surface area (Å²) in [5.41, 5.74) is 3.65. The van der Waals surface area contributed by atoms with Gasteiger partial charge in [-0.15, -0.1) is 6.58 Å². The number of allylic oxidation sites excluding steroid dienone is 1. The molecule has 160 valence electrons. The molecular weight excluding hydrogens is 380 g/mol. The van der Waals surface area contributed by atoms with Gasteiger partial charge in [0.2, 0.25) is 0 Å². The van der Waals surface area contributed by atoms with Gasteiger partial charge in [0.1, 0.15) is 24.7 Å². The van der Waals surface area contributed by atoms with Crippen LogP contribution in [0.25, 0.3) is 0 Å². The molecule has 2 nitrogen and oxygen atoms in total. The van der Waals surface area contributed by atoms with Gasteiger partial charge in [0, 0.05) is 6.07 Å². The average Bonchev–Trinajstić information content (AvgIpc) is 2.83. The molecule has 3 aromatic carbocycles. The lowest BCUT2D eigenvalue weighted by Crippen LogP contribution is -2.18. The topological polar surface area (TPSA) is 18.5 Å². The molecule has 0 spiro atoms. The van der Waals surface area contributed by atoms with Crippen LogP contribution in [0, 0.1) is 5.92 Å². The molecule has 31 heavy (non-hydrogen) atoms. The van der Waals surface area contributed by atoms with Crippen molar-refractivity contribution in [2.75, 3.05) is 0 Å². The summed E-state index contributed by atoms with van der Waals surface area (Å²) in [5.74, 6) is 2.96. The number of benzene rings is 3. The third kappa shape index (κ3) is 5.79. The lowest BCUT2D eigenvalue weighted by atomic mass is 9.74. The van der Waals surface area contributed by atoms with Gasteiger partial charge < -0.3 is 9.47 Å². The normalized spacial score (nSPS) is 18.3. The maximum Gasteiger partial charge on any atom is 0.126 e. The van der Waals surface area contributed by atoms with E-state index < -0.39 is 0 Å². The molecule has 0 aliphatic heterocycles. The summed E-state index contributed by atoms with van der Waals surface area (Å²) in [6.45, 7) is 5.12. The predicted molar refractivity (Wildman–Crippen MR) is 128 cm³/mol. The molecule has 1 aliphatic rings. The summed E-state index contributed by atoms with van der Waals surface area (Å²) in [4.78, 5) is 0. The summed E-state index contributed by atoms with van der Waals surface area (Å²) >= 11 is 0. The van der Waals surface area contributed by atoms with Crippen molar-refractivity contribution in [2.45, 2.75) is 51.2 Å². The molecule has 1 fully saturated rings. The Bertz CT molecular complexity index is 949. The van der Waals surface area contributed by atoms with Crippen LogP contribution in [0.4, 0.5) is 0 Å². The Balaban J connectivity index is 1.57. The highest BCUT2D eigenvalue weighted by molar-refractivity contribution is 5.43. The van der Waals surface area contributed by atoms with Crippen molar-refractivity contribution >= 4 is 0 Å². The van der Waals surface area contributed by atoms with Gasteiger partial charge >= 0.3 is 0 Å². The smallest absolute Gasteiger partial charge is 0.126 e. The van der Waals surface area contributed by atoms with Gasteiger partial charge in [-0.1, -0.05) is 85.6 Å². The fourth-order valence-corrected chi connectivity index (χ4v) is 4.63. The maximum atomic E-state index is 6.39. The van der Waals surface area contributed by atoms with Crippen LogP contribution in [0.1, 0.15) is 54.7 Å². The zero-order chi connectivity index (χ0) is 21.3. The highest BCUT2D eigenvalue weighted by Crippen LogP contribution is 2.44. The molecule has 2 atom stereocenters. The largest absolute Gasteiger partial charge is 0.489 e. The van der Waals surface area contributed by atoms with E-state index in [1.807, 2.05) is 24.3 Å². The van der Waals surface area contributed by atoms with Crippen molar-refractivity contribution in [1.29, 1.82) is 0 Å². The quantitative estimate of drug-likeness (QED) is 0.335. The molecule has 0 bridgehead atoms. The second kappa shape index (κ2) is 10.9. The Labute approximate surface area is 186 Å². The minimum absolute atomic E-state index is 0.515. The van der Waals surface area contributed by atoms with Crippen LogP contribution in [0.15, 0.2) is 91.5 Å². The molecule has 0 saturated heterocycles. The molecule has 0 heterocycles. The molecule has 3 aromatic rings. The first kappa shape index (κ1) is 21.2. The van der Waals surface area contributed by atoms with Gasteiger partial charge in [-0.25, -0.2) is 0 Å². The second-order valence-corrected chi connectivity index (χ2v) is 8.42. The molecule has 1 aliphatic carbocycles. The fraction of sp³-hybridized carbons (Fsp3) is 0.310. The predicted octanol–water partition coefficient (Wildman–Crippen LogP) is 7.69. The van der Waals surface area contributed by atoms with E-state index in [0.29, 0.717) is 25.0 Å². The number of rotatable bonds is 9. The maximum absolute atomic E-state index is 6.39. The van der Waals surface area contributed by atoms with E-state index in [4.69, 9.17) is 9.47 Å². The Hall–Kier alpha value is -3.00. The van der Waals surface area contributed by atoms with Crippen molar-refractivity contribution in [3.8, 4) is 11.5 Å². The van der Waals surface area contributed by atoms with Gasteiger partial charge in [0.25, 0.3) is 0 Å². The molecule has 4 rings (SSSR count). The molecule has 2 heteroatoms. The third-order valence-corrected chi connectivity index (χ3v) is 6.25. The van der Waals surface area contributed by atoms with Crippen molar-refractivity contribution in [3.63, 3.8) is 0 Å². The fourth-order valence-electron chi connectivity index (χ4n) is 4.63. The van der Waals surface area contributed by atoms with Crippen LogP contribution in [-0.2, 0) is 13.2 Å². The summed E-state index contributed by atoms with van der Waals surface area (Å²) < 4.78 is 12.5. The van der Waals surface area contributed by atoms with Gasteiger partial charge in [-0.3, -0.25) is 0 Å². The molecular formula is C29H32O2. The zero-order valence-corrected chi connectivity index (χ0v) is 18.2. The lowest BCUT2D eigenvalue weighted by molar-refractivity contribution is 0.269. The first-order chi connectivity index (χ1) is 15.3. The number of hydrogen-bond acceptors (Lipinski definition) is 2. The lowest BCUT2D eigenvalue weighted by Gasteiger charge is -2.32. The number of ether oxygens (including phenoxy) is 2. The standard InChI is InChI=1S/C29H32O2/c1-2-11-25-16-9-10-17-27(25)28-19-18-26(30-21-23-12-5-3-6-13-23)20-29(28)31-22-24-14-7-4-8-15-24/h2-8,12-15,18-20,25,27H,1,9-11,16-17,21-22H2/t25-,27-/m0/s1. The highest BCUT2D eigenvalue weighted by atomic mass is 16.5. The second-order valence-electron chi connectivity index (χ2n) is 8.42. The van der Waals surface area contributed by atoms with Gasteiger partial charge in [0.05, 0.1) is 0 Å². The molecule has 1 saturated carbocycles. The van der Waals surface area contributed by atoms with E-state index >= 15 is 0 Å². The Morgan fingerprint density at radius 3 is 2.10 bits per heavy atom. The minimum Gasteiger partial charge on any atom is -0.489 e. The van der Waals surface area contributed by atoms with E-state index in [1.165, 1.54) is 36.8 Å². The van der Waals surface area contributed by atoms with E-state index in [9.17, 15) is 0 Å². The van der Waals surface area contributed by atoms with E-state index in [-0.39, 0.29) is 0 Å². The van der Waals surface area contributed by atoms with Crippen LogP contribution in [0.2, 0.25) is 0 Å². The van der Waals surface area contributed by atoms with E-state index in [0.717, 1.165) is 23.5 Å². The molecule has 0 N–H and O–H groups in total. The van der Waals surface area contributed by atoms with Crippen LogP contribution < -0.4 is 9.47 Å². The third-order valence-electron chi connectivity index (χ3n) is 6.25. The summed E-state index contributed by atoms with van der Waals surface area (Å²) in [5, 5.41) is 0. The number of hydrogen-bond donors (Lipinski definition) is 0. The van der Waals surface area contributed by atoms with Crippen molar-refractivity contribution in [2.24, 2.45) is 5.92 Å². The Kier molecular flexibility index (Phi) is 7.44. The molecule has 0 aromatic heterocycles. The molecule has 0 unspecified atom stereocenters. The summed E-state index contributed by atoms with van der Waals surface area (Å²) in [6, 6.07) is 27.1. The van der Waals surface area contributed by atoms with Crippen LogP contribution >= 0.6 is 0 Å². The molecule has 0 radical (unpaired) electrons. The van der Waals surface area contributed by atoms with Crippen molar-refractivity contribution < 1.29 is 9.47 Å². The summed E-state index contributed by atoms with van der Waals surface area (Å²) in [7, 11) is 0.